The third kappa shape index (κ3) is 4.04. The lowest BCUT2D eigenvalue weighted by molar-refractivity contribution is 0.0601. The molecular weight excluding hydrogens is 230 g/mol. The van der Waals surface area contributed by atoms with E-state index in [0.717, 1.165) is 5.69 Å². The number of ether oxygens (including phenoxy) is 2. The molecule has 0 aliphatic rings. The van der Waals surface area contributed by atoms with Gasteiger partial charge in [0.2, 0.25) is 0 Å². The van der Waals surface area contributed by atoms with E-state index in [1.165, 1.54) is 7.11 Å². The molecule has 1 aromatic rings. The molecule has 0 radical (unpaired) electrons. The zero-order valence-corrected chi connectivity index (χ0v) is 11.4. The Hall–Kier alpha value is -1.55. The third-order valence-corrected chi connectivity index (χ3v) is 2.79. The maximum atomic E-state index is 11.4. The van der Waals surface area contributed by atoms with Crippen LogP contribution in [-0.2, 0) is 9.47 Å². The van der Waals surface area contributed by atoms with Gasteiger partial charge in [-0.2, -0.15) is 0 Å². The molecule has 4 heteroatoms. The molecule has 0 heterocycles. The molecule has 0 amide bonds. The highest BCUT2D eigenvalue weighted by Gasteiger charge is 2.13. The molecular formula is C14H21NO3. The molecule has 1 unspecified atom stereocenters. The van der Waals surface area contributed by atoms with Crippen molar-refractivity contribution in [3.05, 3.63) is 29.8 Å². The van der Waals surface area contributed by atoms with Gasteiger partial charge in [-0.25, -0.2) is 4.79 Å². The van der Waals surface area contributed by atoms with Crippen molar-refractivity contribution in [2.75, 3.05) is 26.1 Å². The van der Waals surface area contributed by atoms with Crippen molar-refractivity contribution in [1.29, 1.82) is 0 Å². The van der Waals surface area contributed by atoms with Crippen molar-refractivity contribution in [3.8, 4) is 0 Å². The SMILES string of the molecule is COCC(Nc1cccc(C(=O)OC)c1)C(C)C. The Labute approximate surface area is 108 Å². The number of carbonyl (C=O) groups excluding carboxylic acids is 1. The number of nitrogens with one attached hydrogen (secondary N) is 1. The molecule has 100 valence electrons. The molecule has 0 fully saturated rings. The molecule has 0 saturated carbocycles. The van der Waals surface area contributed by atoms with Gasteiger partial charge in [-0.1, -0.05) is 19.9 Å². The van der Waals surface area contributed by atoms with E-state index >= 15 is 0 Å². The predicted octanol–water partition coefficient (Wildman–Crippen LogP) is 2.56. The van der Waals surface area contributed by atoms with Crippen LogP contribution in [0.15, 0.2) is 24.3 Å². The Morgan fingerprint density at radius 1 is 1.33 bits per heavy atom. The number of hydrogen-bond acceptors (Lipinski definition) is 4. The summed E-state index contributed by atoms with van der Waals surface area (Å²) in [5, 5.41) is 3.37. The highest BCUT2D eigenvalue weighted by Crippen LogP contribution is 2.15. The lowest BCUT2D eigenvalue weighted by Crippen LogP contribution is -2.30. The zero-order chi connectivity index (χ0) is 13.5. The first-order valence-electron chi connectivity index (χ1n) is 6.02. The van der Waals surface area contributed by atoms with Crippen LogP contribution in [0.2, 0.25) is 0 Å². The highest BCUT2D eigenvalue weighted by atomic mass is 16.5. The Kier molecular flexibility index (Phi) is 5.65. The molecule has 18 heavy (non-hydrogen) atoms. The third-order valence-electron chi connectivity index (χ3n) is 2.79. The number of benzene rings is 1. The summed E-state index contributed by atoms with van der Waals surface area (Å²) in [5.74, 6) is 0.109. The van der Waals surface area contributed by atoms with Gasteiger partial charge < -0.3 is 14.8 Å². The fourth-order valence-electron chi connectivity index (χ4n) is 1.65. The van der Waals surface area contributed by atoms with Crippen LogP contribution < -0.4 is 5.32 Å². The van der Waals surface area contributed by atoms with Crippen molar-refractivity contribution in [1.82, 2.24) is 0 Å². The van der Waals surface area contributed by atoms with Gasteiger partial charge in [0, 0.05) is 12.8 Å². The van der Waals surface area contributed by atoms with Crippen molar-refractivity contribution < 1.29 is 14.3 Å². The first kappa shape index (κ1) is 14.5. The van der Waals surface area contributed by atoms with Gasteiger partial charge >= 0.3 is 5.97 Å². The second kappa shape index (κ2) is 7.01. The highest BCUT2D eigenvalue weighted by molar-refractivity contribution is 5.90. The number of methoxy groups -OCH3 is 2. The summed E-state index contributed by atoms with van der Waals surface area (Å²) in [5.41, 5.74) is 1.44. The smallest absolute Gasteiger partial charge is 0.337 e. The Morgan fingerprint density at radius 3 is 2.61 bits per heavy atom. The maximum Gasteiger partial charge on any atom is 0.337 e. The van der Waals surface area contributed by atoms with E-state index in [-0.39, 0.29) is 12.0 Å². The summed E-state index contributed by atoms with van der Waals surface area (Å²) >= 11 is 0. The average Bonchev–Trinajstić information content (AvgIpc) is 2.37. The van der Waals surface area contributed by atoms with Crippen LogP contribution in [0.3, 0.4) is 0 Å². The second-order valence-corrected chi connectivity index (χ2v) is 4.52. The lowest BCUT2D eigenvalue weighted by Gasteiger charge is -2.22. The summed E-state index contributed by atoms with van der Waals surface area (Å²) in [6.07, 6.45) is 0. The van der Waals surface area contributed by atoms with Gasteiger partial charge in [0.05, 0.1) is 25.3 Å². The fourth-order valence-corrected chi connectivity index (χ4v) is 1.65. The van der Waals surface area contributed by atoms with E-state index in [1.807, 2.05) is 12.1 Å². The Morgan fingerprint density at radius 2 is 2.06 bits per heavy atom. The van der Waals surface area contributed by atoms with Crippen molar-refractivity contribution in [2.45, 2.75) is 19.9 Å². The lowest BCUT2D eigenvalue weighted by atomic mass is 10.0. The van der Waals surface area contributed by atoms with Gasteiger partial charge in [-0.3, -0.25) is 0 Å². The zero-order valence-electron chi connectivity index (χ0n) is 11.4. The summed E-state index contributed by atoms with van der Waals surface area (Å²) < 4.78 is 9.88. The monoisotopic (exact) mass is 251 g/mol. The predicted molar refractivity (Wildman–Crippen MR) is 71.9 cm³/mol. The fraction of sp³-hybridized carbons (Fsp3) is 0.500. The van der Waals surface area contributed by atoms with Gasteiger partial charge in [0.15, 0.2) is 0 Å². The van der Waals surface area contributed by atoms with E-state index in [0.29, 0.717) is 18.1 Å². The van der Waals surface area contributed by atoms with Crippen LogP contribution in [0.1, 0.15) is 24.2 Å². The molecule has 0 aromatic heterocycles. The molecule has 4 nitrogen and oxygen atoms in total. The molecule has 1 N–H and O–H groups in total. The standard InChI is InChI=1S/C14H21NO3/c1-10(2)13(9-17-3)15-12-7-5-6-11(8-12)14(16)18-4/h5-8,10,13,15H,9H2,1-4H3. The van der Waals surface area contributed by atoms with Gasteiger partial charge in [-0.05, 0) is 24.1 Å². The molecule has 1 aromatic carbocycles. The van der Waals surface area contributed by atoms with Crippen LogP contribution in [0.5, 0.6) is 0 Å². The van der Waals surface area contributed by atoms with Crippen LogP contribution in [0, 0.1) is 5.92 Å². The maximum absolute atomic E-state index is 11.4. The summed E-state index contributed by atoms with van der Waals surface area (Å²) in [6, 6.07) is 7.49. The molecule has 0 aliphatic heterocycles. The number of esters is 1. The van der Waals surface area contributed by atoms with Crippen LogP contribution in [0.4, 0.5) is 5.69 Å². The summed E-state index contributed by atoms with van der Waals surface area (Å²) in [7, 11) is 3.06. The van der Waals surface area contributed by atoms with Crippen LogP contribution in [0.25, 0.3) is 0 Å². The van der Waals surface area contributed by atoms with Gasteiger partial charge in [-0.15, -0.1) is 0 Å². The van der Waals surface area contributed by atoms with Gasteiger partial charge in [0.1, 0.15) is 0 Å². The first-order chi connectivity index (χ1) is 8.58. The molecule has 0 spiro atoms. The van der Waals surface area contributed by atoms with E-state index in [9.17, 15) is 4.79 Å². The molecule has 1 atom stereocenters. The number of carbonyl (C=O) groups is 1. The number of anilines is 1. The Balaban J connectivity index is 2.80. The van der Waals surface area contributed by atoms with Crippen LogP contribution >= 0.6 is 0 Å². The molecule has 0 aliphatic carbocycles. The van der Waals surface area contributed by atoms with E-state index < -0.39 is 0 Å². The largest absolute Gasteiger partial charge is 0.465 e. The van der Waals surface area contributed by atoms with E-state index in [4.69, 9.17) is 9.47 Å². The number of hydrogen-bond donors (Lipinski definition) is 1. The number of rotatable bonds is 6. The summed E-state index contributed by atoms with van der Waals surface area (Å²) in [4.78, 5) is 11.4. The van der Waals surface area contributed by atoms with E-state index in [1.54, 1.807) is 19.2 Å². The van der Waals surface area contributed by atoms with Gasteiger partial charge in [0.25, 0.3) is 0 Å². The minimum absolute atomic E-state index is 0.211. The summed E-state index contributed by atoms with van der Waals surface area (Å²) in [6.45, 7) is 4.88. The van der Waals surface area contributed by atoms with Crippen molar-refractivity contribution in [2.24, 2.45) is 5.92 Å². The average molecular weight is 251 g/mol. The molecule has 0 bridgehead atoms. The van der Waals surface area contributed by atoms with E-state index in [2.05, 4.69) is 19.2 Å². The van der Waals surface area contributed by atoms with Crippen molar-refractivity contribution >= 4 is 11.7 Å². The normalized spacial score (nSPS) is 12.3. The topological polar surface area (TPSA) is 47.6 Å². The van der Waals surface area contributed by atoms with Crippen molar-refractivity contribution in [3.63, 3.8) is 0 Å². The first-order valence-corrected chi connectivity index (χ1v) is 6.02. The quantitative estimate of drug-likeness (QED) is 0.789. The second-order valence-electron chi connectivity index (χ2n) is 4.52. The molecule has 1 rings (SSSR count). The minimum Gasteiger partial charge on any atom is -0.465 e. The molecule has 0 saturated heterocycles. The Bertz CT molecular complexity index is 390. The van der Waals surface area contributed by atoms with Crippen LogP contribution in [-0.4, -0.2) is 32.8 Å². The minimum atomic E-state index is -0.327.